The second kappa shape index (κ2) is 9.05. The van der Waals surface area contributed by atoms with Crippen LogP contribution in [0.5, 0.6) is 11.5 Å². The van der Waals surface area contributed by atoms with Gasteiger partial charge in [0.2, 0.25) is 0 Å². The van der Waals surface area contributed by atoms with E-state index in [2.05, 4.69) is 5.32 Å². The maximum atomic E-state index is 11.7. The minimum absolute atomic E-state index is 0.0137. The Morgan fingerprint density at radius 2 is 1.64 bits per heavy atom. The highest BCUT2D eigenvalue weighted by atomic mass is 16.5. The van der Waals surface area contributed by atoms with E-state index in [0.717, 1.165) is 0 Å². The van der Waals surface area contributed by atoms with E-state index in [1.54, 1.807) is 43.3 Å². The molecule has 3 N–H and O–H groups in total. The second-order valence-electron chi connectivity index (χ2n) is 5.56. The van der Waals surface area contributed by atoms with Gasteiger partial charge >= 0.3 is 5.97 Å². The lowest BCUT2D eigenvalue weighted by atomic mass is 10.1. The van der Waals surface area contributed by atoms with Crippen molar-refractivity contribution in [1.29, 1.82) is 0 Å². The van der Waals surface area contributed by atoms with E-state index in [-0.39, 0.29) is 19.6 Å². The van der Waals surface area contributed by atoms with Gasteiger partial charge in [-0.25, -0.2) is 4.79 Å². The Morgan fingerprint density at radius 3 is 2.16 bits per heavy atom. The summed E-state index contributed by atoms with van der Waals surface area (Å²) < 4.78 is 11.1. The summed E-state index contributed by atoms with van der Waals surface area (Å²) in [4.78, 5) is 11.7. The summed E-state index contributed by atoms with van der Waals surface area (Å²) in [7, 11) is 0. The van der Waals surface area contributed by atoms with Gasteiger partial charge in [-0.2, -0.15) is 0 Å². The number of aliphatic hydroxyl groups is 1. The minimum atomic E-state index is -1.62. The molecule has 0 fully saturated rings. The van der Waals surface area contributed by atoms with Crippen molar-refractivity contribution in [2.24, 2.45) is 0 Å². The zero-order valence-corrected chi connectivity index (χ0v) is 14.1. The van der Waals surface area contributed by atoms with Gasteiger partial charge in [-0.05, 0) is 24.3 Å². The van der Waals surface area contributed by atoms with Crippen LogP contribution in [0.3, 0.4) is 0 Å². The van der Waals surface area contributed by atoms with E-state index in [0.29, 0.717) is 11.5 Å². The van der Waals surface area contributed by atoms with Crippen LogP contribution >= 0.6 is 0 Å². The predicted octanol–water partition coefficient (Wildman–Crippen LogP) is 2.29. The van der Waals surface area contributed by atoms with Gasteiger partial charge in [-0.15, -0.1) is 0 Å². The lowest BCUT2D eigenvalue weighted by Gasteiger charge is -2.31. The third kappa shape index (κ3) is 5.48. The maximum Gasteiger partial charge on any atom is 0.363 e. The number of aliphatic carboxylic acids is 1. The van der Waals surface area contributed by atoms with Crippen molar-refractivity contribution in [3.05, 3.63) is 60.7 Å². The highest BCUT2D eigenvalue weighted by Gasteiger charge is 2.39. The molecule has 25 heavy (non-hydrogen) atoms. The third-order valence-corrected chi connectivity index (χ3v) is 3.69. The Morgan fingerprint density at radius 1 is 1.08 bits per heavy atom. The molecule has 2 unspecified atom stereocenters. The Balaban J connectivity index is 1.93. The first-order chi connectivity index (χ1) is 12.1. The average molecular weight is 345 g/mol. The van der Waals surface area contributed by atoms with Crippen molar-refractivity contribution in [3.63, 3.8) is 0 Å². The van der Waals surface area contributed by atoms with Crippen LogP contribution in [-0.2, 0) is 4.79 Å². The molecule has 6 heteroatoms. The van der Waals surface area contributed by atoms with Crippen LogP contribution in [0, 0.1) is 0 Å². The lowest BCUT2D eigenvalue weighted by molar-refractivity contribution is -0.159. The molecule has 0 saturated heterocycles. The molecular weight excluding hydrogens is 322 g/mol. The van der Waals surface area contributed by atoms with Crippen molar-refractivity contribution in [2.75, 3.05) is 13.2 Å². The van der Waals surface area contributed by atoms with Crippen molar-refractivity contribution in [3.8, 4) is 11.5 Å². The predicted molar refractivity (Wildman–Crippen MR) is 93.7 cm³/mol. The van der Waals surface area contributed by atoms with Crippen LogP contribution in [0.4, 0.5) is 0 Å². The smallest absolute Gasteiger partial charge is 0.363 e. The number of nitrogens with one attached hydrogen (secondary N) is 1. The van der Waals surface area contributed by atoms with Gasteiger partial charge in [-0.3, -0.25) is 5.32 Å². The second-order valence-corrected chi connectivity index (χ2v) is 5.56. The SMILES string of the molecule is CCC(NCC(O)COc1ccccc1)(Oc1ccccc1)C(=O)O. The Bertz CT molecular complexity index is 649. The highest BCUT2D eigenvalue weighted by molar-refractivity contribution is 5.77. The lowest BCUT2D eigenvalue weighted by Crippen LogP contribution is -2.58. The van der Waals surface area contributed by atoms with E-state index in [9.17, 15) is 15.0 Å². The van der Waals surface area contributed by atoms with Crippen molar-refractivity contribution in [2.45, 2.75) is 25.2 Å². The molecule has 0 aliphatic rings. The van der Waals surface area contributed by atoms with E-state index in [1.807, 2.05) is 24.3 Å². The van der Waals surface area contributed by atoms with Gasteiger partial charge in [0, 0.05) is 13.0 Å². The maximum absolute atomic E-state index is 11.7. The fourth-order valence-corrected chi connectivity index (χ4v) is 2.24. The van der Waals surface area contributed by atoms with Gasteiger partial charge in [-0.1, -0.05) is 43.3 Å². The van der Waals surface area contributed by atoms with Crippen LogP contribution in [0.1, 0.15) is 13.3 Å². The number of rotatable bonds is 10. The number of carbonyl (C=O) groups is 1. The third-order valence-electron chi connectivity index (χ3n) is 3.69. The molecule has 2 rings (SSSR count). The zero-order chi connectivity index (χ0) is 18.1. The molecule has 0 bridgehead atoms. The monoisotopic (exact) mass is 345 g/mol. The molecule has 2 atom stereocenters. The summed E-state index contributed by atoms with van der Waals surface area (Å²) in [6.45, 7) is 1.76. The van der Waals surface area contributed by atoms with Crippen LogP contribution < -0.4 is 14.8 Å². The summed E-state index contributed by atoms with van der Waals surface area (Å²) >= 11 is 0. The zero-order valence-electron chi connectivity index (χ0n) is 14.1. The fourth-order valence-electron chi connectivity index (χ4n) is 2.24. The van der Waals surface area contributed by atoms with Crippen molar-refractivity contribution in [1.82, 2.24) is 5.32 Å². The molecule has 0 heterocycles. The minimum Gasteiger partial charge on any atom is -0.491 e. The molecular formula is C19H23NO5. The topological polar surface area (TPSA) is 88.0 Å². The van der Waals surface area contributed by atoms with Gasteiger partial charge in [0.05, 0.1) is 0 Å². The standard InChI is InChI=1S/C19H23NO5/c1-2-19(18(22)23,25-17-11-7-4-8-12-17)20-13-15(21)14-24-16-9-5-3-6-10-16/h3-12,15,20-21H,2,13-14H2,1H3,(H,22,23). The largest absolute Gasteiger partial charge is 0.491 e. The molecule has 0 radical (unpaired) electrons. The average Bonchev–Trinajstić information content (AvgIpc) is 2.65. The number of hydrogen-bond acceptors (Lipinski definition) is 5. The van der Waals surface area contributed by atoms with E-state index in [1.165, 1.54) is 0 Å². The van der Waals surface area contributed by atoms with Gasteiger partial charge in [0.1, 0.15) is 24.2 Å². The first-order valence-electron chi connectivity index (χ1n) is 8.14. The van der Waals surface area contributed by atoms with Gasteiger partial charge < -0.3 is 19.7 Å². The van der Waals surface area contributed by atoms with Crippen LogP contribution in [0.2, 0.25) is 0 Å². The number of aliphatic hydroxyl groups excluding tert-OH is 1. The van der Waals surface area contributed by atoms with Crippen LogP contribution in [-0.4, -0.2) is 41.2 Å². The normalized spacial score (nSPS) is 14.3. The highest BCUT2D eigenvalue weighted by Crippen LogP contribution is 2.20. The molecule has 0 aliphatic heterocycles. The van der Waals surface area contributed by atoms with Crippen LogP contribution in [0.25, 0.3) is 0 Å². The molecule has 0 saturated carbocycles. The number of carboxylic acids is 1. The Hall–Kier alpha value is -2.57. The first-order valence-corrected chi connectivity index (χ1v) is 8.14. The quantitative estimate of drug-likeness (QED) is 0.573. The van der Waals surface area contributed by atoms with Crippen molar-refractivity contribution < 1.29 is 24.5 Å². The summed E-state index contributed by atoms with van der Waals surface area (Å²) in [5, 5.41) is 22.5. The molecule has 0 spiro atoms. The first kappa shape index (κ1) is 18.8. The summed E-state index contributed by atoms with van der Waals surface area (Å²) in [5.41, 5.74) is -1.62. The number of para-hydroxylation sites is 2. The van der Waals surface area contributed by atoms with Gasteiger partial charge in [0.15, 0.2) is 0 Å². The van der Waals surface area contributed by atoms with E-state index < -0.39 is 17.8 Å². The molecule has 134 valence electrons. The molecule has 0 aliphatic carbocycles. The summed E-state index contributed by atoms with van der Waals surface area (Å²) in [6, 6.07) is 17.8. The van der Waals surface area contributed by atoms with Crippen LogP contribution in [0.15, 0.2) is 60.7 Å². The Labute approximate surface area is 147 Å². The summed E-state index contributed by atoms with van der Waals surface area (Å²) in [5.74, 6) is -0.0635. The fraction of sp³-hybridized carbons (Fsp3) is 0.316. The molecule has 0 amide bonds. The van der Waals surface area contributed by atoms with E-state index >= 15 is 0 Å². The van der Waals surface area contributed by atoms with Crippen molar-refractivity contribution >= 4 is 5.97 Å². The number of benzene rings is 2. The molecule has 2 aromatic rings. The molecule has 6 nitrogen and oxygen atoms in total. The number of hydrogen-bond donors (Lipinski definition) is 3. The summed E-state index contributed by atoms with van der Waals surface area (Å²) in [6.07, 6.45) is -0.700. The van der Waals surface area contributed by atoms with Gasteiger partial charge in [0.25, 0.3) is 5.72 Å². The Kier molecular flexibility index (Phi) is 6.80. The number of ether oxygens (including phenoxy) is 2. The molecule has 2 aromatic carbocycles. The molecule has 0 aromatic heterocycles. The van der Waals surface area contributed by atoms with E-state index in [4.69, 9.17) is 9.47 Å². The number of carboxylic acid groups (broad SMARTS) is 1.